The Hall–Kier alpha value is -4.13. The standard InChI is InChI=1S/C25H19FN2O4/c1-14-3-9-19(11-15(14)2)28-24(29)22(16-4-6-17(26)7-5-16)23(25(28)30)27-18-8-10-20-21(12-18)32-13-31-20/h3-12,27H,13H2,1-2H3. The van der Waals surface area contributed by atoms with Gasteiger partial charge < -0.3 is 14.8 Å². The lowest BCUT2D eigenvalue weighted by Gasteiger charge is -2.17. The van der Waals surface area contributed by atoms with Crippen LogP contribution in [0.4, 0.5) is 15.8 Å². The summed E-state index contributed by atoms with van der Waals surface area (Å²) >= 11 is 0. The fourth-order valence-corrected chi connectivity index (χ4v) is 3.75. The number of anilines is 2. The van der Waals surface area contributed by atoms with Crippen LogP contribution in [0.25, 0.3) is 5.57 Å². The smallest absolute Gasteiger partial charge is 0.282 e. The Kier molecular flexibility index (Phi) is 4.66. The molecule has 5 rings (SSSR count). The molecule has 0 saturated carbocycles. The molecule has 160 valence electrons. The quantitative estimate of drug-likeness (QED) is 0.615. The van der Waals surface area contributed by atoms with Crippen LogP contribution in [0.5, 0.6) is 11.5 Å². The maximum Gasteiger partial charge on any atom is 0.282 e. The van der Waals surface area contributed by atoms with E-state index in [0.29, 0.717) is 28.4 Å². The van der Waals surface area contributed by atoms with Gasteiger partial charge in [0.05, 0.1) is 11.3 Å². The molecule has 32 heavy (non-hydrogen) atoms. The summed E-state index contributed by atoms with van der Waals surface area (Å²) in [6, 6.07) is 16.1. The van der Waals surface area contributed by atoms with E-state index >= 15 is 0 Å². The van der Waals surface area contributed by atoms with Crippen molar-refractivity contribution in [2.24, 2.45) is 0 Å². The number of carbonyl (C=O) groups excluding carboxylic acids is 2. The Morgan fingerprint density at radius 3 is 2.34 bits per heavy atom. The van der Waals surface area contributed by atoms with E-state index in [-0.39, 0.29) is 18.1 Å². The molecule has 0 radical (unpaired) electrons. The Morgan fingerprint density at radius 2 is 1.59 bits per heavy atom. The first-order valence-electron chi connectivity index (χ1n) is 10.1. The molecule has 7 heteroatoms. The van der Waals surface area contributed by atoms with Crippen LogP contribution in [-0.4, -0.2) is 18.6 Å². The van der Waals surface area contributed by atoms with Gasteiger partial charge in [-0.25, -0.2) is 9.29 Å². The summed E-state index contributed by atoms with van der Waals surface area (Å²) in [6.07, 6.45) is 0. The molecule has 2 aliphatic heterocycles. The average molecular weight is 430 g/mol. The topological polar surface area (TPSA) is 67.9 Å². The molecular weight excluding hydrogens is 411 g/mol. The van der Waals surface area contributed by atoms with E-state index in [1.165, 1.54) is 24.3 Å². The van der Waals surface area contributed by atoms with Crippen molar-refractivity contribution in [1.29, 1.82) is 0 Å². The zero-order valence-electron chi connectivity index (χ0n) is 17.4. The first-order valence-corrected chi connectivity index (χ1v) is 10.1. The highest BCUT2D eigenvalue weighted by molar-refractivity contribution is 6.46. The number of hydrogen-bond acceptors (Lipinski definition) is 5. The van der Waals surface area contributed by atoms with E-state index in [4.69, 9.17) is 9.47 Å². The summed E-state index contributed by atoms with van der Waals surface area (Å²) in [7, 11) is 0. The Balaban J connectivity index is 1.59. The summed E-state index contributed by atoms with van der Waals surface area (Å²) in [6.45, 7) is 4.01. The number of carbonyl (C=O) groups is 2. The van der Waals surface area contributed by atoms with E-state index in [0.717, 1.165) is 16.0 Å². The summed E-state index contributed by atoms with van der Waals surface area (Å²) in [4.78, 5) is 28.1. The molecule has 0 aliphatic carbocycles. The van der Waals surface area contributed by atoms with Gasteiger partial charge in [-0.1, -0.05) is 18.2 Å². The summed E-state index contributed by atoms with van der Waals surface area (Å²) < 4.78 is 24.3. The third kappa shape index (κ3) is 3.28. The Morgan fingerprint density at radius 1 is 0.844 bits per heavy atom. The second-order valence-electron chi connectivity index (χ2n) is 7.66. The highest BCUT2D eigenvalue weighted by Crippen LogP contribution is 2.37. The predicted molar refractivity (Wildman–Crippen MR) is 118 cm³/mol. The lowest BCUT2D eigenvalue weighted by molar-refractivity contribution is -0.120. The van der Waals surface area contributed by atoms with E-state index in [2.05, 4.69) is 5.32 Å². The molecule has 0 bridgehead atoms. The number of hydrogen-bond donors (Lipinski definition) is 1. The fraction of sp³-hybridized carbons (Fsp3) is 0.120. The first kappa shape index (κ1) is 19.8. The van der Waals surface area contributed by atoms with Crippen molar-refractivity contribution in [3.63, 3.8) is 0 Å². The van der Waals surface area contributed by atoms with Crippen LogP contribution in [-0.2, 0) is 9.59 Å². The molecule has 0 saturated heterocycles. The maximum atomic E-state index is 13.5. The molecule has 3 aromatic carbocycles. The lowest BCUT2D eigenvalue weighted by atomic mass is 10.0. The van der Waals surface area contributed by atoms with Crippen molar-refractivity contribution >= 4 is 28.8 Å². The molecule has 0 atom stereocenters. The highest BCUT2D eigenvalue weighted by Gasteiger charge is 2.40. The van der Waals surface area contributed by atoms with Crippen LogP contribution in [0, 0.1) is 19.7 Å². The normalized spacial score (nSPS) is 15.0. The molecule has 3 aromatic rings. The monoisotopic (exact) mass is 430 g/mol. The Bertz CT molecular complexity index is 1300. The highest BCUT2D eigenvalue weighted by atomic mass is 19.1. The molecule has 2 amide bonds. The second-order valence-corrected chi connectivity index (χ2v) is 7.66. The number of rotatable bonds is 4. The van der Waals surface area contributed by atoms with E-state index in [1.807, 2.05) is 19.9 Å². The number of halogens is 1. The minimum atomic E-state index is -0.491. The van der Waals surface area contributed by atoms with Gasteiger partial charge in [0.15, 0.2) is 11.5 Å². The first-order chi connectivity index (χ1) is 15.4. The number of amides is 2. The number of nitrogens with one attached hydrogen (secondary N) is 1. The zero-order valence-corrected chi connectivity index (χ0v) is 17.4. The zero-order chi connectivity index (χ0) is 22.4. The van der Waals surface area contributed by atoms with Gasteiger partial charge in [0, 0.05) is 11.8 Å². The molecule has 2 aliphatic rings. The molecule has 0 unspecified atom stereocenters. The number of ether oxygens (including phenoxy) is 2. The van der Waals surface area contributed by atoms with Crippen molar-refractivity contribution in [3.8, 4) is 11.5 Å². The average Bonchev–Trinajstić information content (AvgIpc) is 3.33. The number of nitrogens with zero attached hydrogens (tertiary/aromatic N) is 1. The van der Waals surface area contributed by atoms with E-state index in [1.54, 1.807) is 30.3 Å². The van der Waals surface area contributed by atoms with Crippen LogP contribution in [0.2, 0.25) is 0 Å². The summed E-state index contributed by atoms with van der Waals surface area (Å²) in [5.41, 5.74) is 3.78. The molecule has 6 nitrogen and oxygen atoms in total. The fourth-order valence-electron chi connectivity index (χ4n) is 3.75. The van der Waals surface area contributed by atoms with Crippen molar-refractivity contribution in [3.05, 3.63) is 88.9 Å². The number of fused-ring (bicyclic) bond motifs is 1. The van der Waals surface area contributed by atoms with Crippen LogP contribution in [0.3, 0.4) is 0 Å². The summed E-state index contributed by atoms with van der Waals surface area (Å²) in [5.74, 6) is -0.249. The number of aryl methyl sites for hydroxylation is 2. The van der Waals surface area contributed by atoms with Crippen molar-refractivity contribution in [2.75, 3.05) is 17.0 Å². The van der Waals surface area contributed by atoms with Gasteiger partial charge >= 0.3 is 0 Å². The van der Waals surface area contributed by atoms with Gasteiger partial charge in [-0.15, -0.1) is 0 Å². The second kappa shape index (κ2) is 7.53. The molecule has 0 aromatic heterocycles. The van der Waals surface area contributed by atoms with Gasteiger partial charge in [-0.2, -0.15) is 0 Å². The SMILES string of the molecule is Cc1ccc(N2C(=O)C(Nc3ccc4c(c3)OCO4)=C(c3ccc(F)cc3)C2=O)cc1C. The largest absolute Gasteiger partial charge is 0.454 e. The van der Waals surface area contributed by atoms with Crippen LogP contribution >= 0.6 is 0 Å². The molecule has 1 N–H and O–H groups in total. The maximum absolute atomic E-state index is 13.5. The van der Waals surface area contributed by atoms with Crippen molar-refractivity contribution in [2.45, 2.75) is 13.8 Å². The molecule has 0 spiro atoms. The minimum absolute atomic E-state index is 0.110. The number of imide groups is 1. The van der Waals surface area contributed by atoms with Gasteiger partial charge in [-0.3, -0.25) is 9.59 Å². The van der Waals surface area contributed by atoms with Gasteiger partial charge in [0.1, 0.15) is 11.5 Å². The van der Waals surface area contributed by atoms with Crippen LogP contribution < -0.4 is 19.7 Å². The van der Waals surface area contributed by atoms with E-state index in [9.17, 15) is 14.0 Å². The lowest BCUT2D eigenvalue weighted by Crippen LogP contribution is -2.32. The molecule has 2 heterocycles. The summed E-state index contributed by atoms with van der Waals surface area (Å²) in [5, 5.41) is 3.08. The van der Waals surface area contributed by atoms with E-state index < -0.39 is 17.6 Å². The van der Waals surface area contributed by atoms with Gasteiger partial charge in [0.2, 0.25) is 6.79 Å². The number of benzene rings is 3. The Labute approximate surface area is 183 Å². The predicted octanol–water partition coefficient (Wildman–Crippen LogP) is 4.57. The van der Waals surface area contributed by atoms with Crippen molar-refractivity contribution in [1.82, 2.24) is 0 Å². The van der Waals surface area contributed by atoms with Crippen LogP contribution in [0.1, 0.15) is 16.7 Å². The van der Waals surface area contributed by atoms with Crippen LogP contribution in [0.15, 0.2) is 66.4 Å². The molecule has 0 fully saturated rings. The minimum Gasteiger partial charge on any atom is -0.454 e. The third-order valence-corrected chi connectivity index (χ3v) is 5.61. The van der Waals surface area contributed by atoms with Crippen molar-refractivity contribution < 1.29 is 23.5 Å². The van der Waals surface area contributed by atoms with Gasteiger partial charge in [0.25, 0.3) is 11.8 Å². The molecular formula is C25H19FN2O4. The van der Waals surface area contributed by atoms with Gasteiger partial charge in [-0.05, 0) is 66.9 Å². The third-order valence-electron chi connectivity index (χ3n) is 5.61.